The minimum Gasteiger partial charge on any atom is -0.369 e. The standard InChI is InChI=1S/C19H23N5O3/c1-12(2)8-9-27-13(3)18(25)23-14-4-6-15(7-5-14)24-17-16(10-22-24)19(26)21-11-20-17/h4-7,10-13H,8-9H2,1-3H3,(H,23,25)(H,20,21,26). The lowest BCUT2D eigenvalue weighted by Gasteiger charge is -2.14. The minimum atomic E-state index is -0.519. The second-order valence-electron chi connectivity index (χ2n) is 6.76. The van der Waals surface area contributed by atoms with Crippen molar-refractivity contribution in [2.45, 2.75) is 33.3 Å². The van der Waals surface area contributed by atoms with Crippen LogP contribution in [0.2, 0.25) is 0 Å². The maximum atomic E-state index is 12.2. The lowest BCUT2D eigenvalue weighted by Crippen LogP contribution is -2.28. The number of carbonyl (C=O) groups excluding carboxylic acids is 1. The van der Waals surface area contributed by atoms with E-state index in [0.717, 1.165) is 12.1 Å². The average Bonchev–Trinajstić information content (AvgIpc) is 3.07. The van der Waals surface area contributed by atoms with Crippen LogP contribution in [0.5, 0.6) is 0 Å². The third-order valence-electron chi connectivity index (χ3n) is 4.18. The quantitative estimate of drug-likeness (QED) is 0.666. The van der Waals surface area contributed by atoms with E-state index in [1.807, 2.05) is 0 Å². The molecule has 0 saturated heterocycles. The second-order valence-corrected chi connectivity index (χ2v) is 6.76. The second kappa shape index (κ2) is 8.13. The number of fused-ring (bicyclic) bond motifs is 1. The third kappa shape index (κ3) is 4.40. The molecule has 0 fully saturated rings. The van der Waals surface area contributed by atoms with Crippen molar-refractivity contribution in [1.82, 2.24) is 19.7 Å². The maximum absolute atomic E-state index is 12.2. The van der Waals surface area contributed by atoms with Crippen LogP contribution < -0.4 is 10.9 Å². The average molecular weight is 369 g/mol. The Morgan fingerprint density at radius 2 is 2.00 bits per heavy atom. The van der Waals surface area contributed by atoms with Crippen LogP contribution in [0.15, 0.2) is 41.6 Å². The highest BCUT2D eigenvalue weighted by Gasteiger charge is 2.14. The lowest BCUT2D eigenvalue weighted by molar-refractivity contribution is -0.126. The Morgan fingerprint density at radius 1 is 1.26 bits per heavy atom. The zero-order chi connectivity index (χ0) is 19.4. The van der Waals surface area contributed by atoms with E-state index in [0.29, 0.717) is 29.2 Å². The van der Waals surface area contributed by atoms with Crippen LogP contribution in [-0.4, -0.2) is 38.4 Å². The normalized spacial score (nSPS) is 12.4. The molecular weight excluding hydrogens is 346 g/mol. The molecule has 27 heavy (non-hydrogen) atoms. The van der Waals surface area contributed by atoms with Crippen molar-refractivity contribution in [3.63, 3.8) is 0 Å². The lowest BCUT2D eigenvalue weighted by atomic mass is 10.1. The number of H-pyrrole nitrogens is 1. The van der Waals surface area contributed by atoms with Crippen LogP contribution in [0.1, 0.15) is 27.2 Å². The molecule has 3 rings (SSSR count). The predicted molar refractivity (Wildman–Crippen MR) is 103 cm³/mol. The van der Waals surface area contributed by atoms with Gasteiger partial charge >= 0.3 is 0 Å². The summed E-state index contributed by atoms with van der Waals surface area (Å²) in [5.74, 6) is 0.348. The summed E-state index contributed by atoms with van der Waals surface area (Å²) in [6.07, 6.45) is 3.22. The molecule has 0 saturated carbocycles. The Kier molecular flexibility index (Phi) is 5.66. The summed E-state index contributed by atoms with van der Waals surface area (Å²) in [6, 6.07) is 7.15. The molecule has 2 aromatic heterocycles. The van der Waals surface area contributed by atoms with Crippen LogP contribution in [0, 0.1) is 5.92 Å². The highest BCUT2D eigenvalue weighted by atomic mass is 16.5. The largest absolute Gasteiger partial charge is 0.369 e. The number of aromatic nitrogens is 4. The number of nitrogens with one attached hydrogen (secondary N) is 2. The van der Waals surface area contributed by atoms with Crippen LogP contribution in [0.3, 0.4) is 0 Å². The van der Waals surface area contributed by atoms with Gasteiger partial charge in [0.05, 0.1) is 18.2 Å². The van der Waals surface area contributed by atoms with E-state index in [1.54, 1.807) is 35.9 Å². The van der Waals surface area contributed by atoms with Crippen molar-refractivity contribution in [2.24, 2.45) is 5.92 Å². The molecule has 8 heteroatoms. The van der Waals surface area contributed by atoms with Crippen molar-refractivity contribution < 1.29 is 9.53 Å². The number of aromatic amines is 1. The van der Waals surface area contributed by atoms with Gasteiger partial charge < -0.3 is 15.0 Å². The van der Waals surface area contributed by atoms with E-state index in [-0.39, 0.29) is 11.5 Å². The van der Waals surface area contributed by atoms with Gasteiger partial charge in [0.1, 0.15) is 11.5 Å². The Morgan fingerprint density at radius 3 is 2.70 bits per heavy atom. The molecule has 1 aromatic carbocycles. The van der Waals surface area contributed by atoms with Gasteiger partial charge in [0.2, 0.25) is 0 Å². The van der Waals surface area contributed by atoms with Gasteiger partial charge in [0.25, 0.3) is 11.5 Å². The molecule has 1 atom stereocenters. The molecule has 0 aliphatic heterocycles. The number of ether oxygens (including phenoxy) is 1. The van der Waals surface area contributed by atoms with Crippen molar-refractivity contribution in [2.75, 3.05) is 11.9 Å². The molecule has 1 amide bonds. The Hall–Kier alpha value is -3.00. The van der Waals surface area contributed by atoms with Crippen molar-refractivity contribution in [1.29, 1.82) is 0 Å². The first kappa shape index (κ1) is 18.8. The van der Waals surface area contributed by atoms with Gasteiger partial charge in [-0.2, -0.15) is 5.10 Å². The highest BCUT2D eigenvalue weighted by molar-refractivity contribution is 5.94. The molecule has 2 heterocycles. The summed E-state index contributed by atoms with van der Waals surface area (Å²) >= 11 is 0. The number of rotatable bonds is 7. The Labute approximate surface area is 156 Å². The summed E-state index contributed by atoms with van der Waals surface area (Å²) in [5.41, 5.74) is 1.64. The fourth-order valence-corrected chi connectivity index (χ4v) is 2.53. The highest BCUT2D eigenvalue weighted by Crippen LogP contribution is 2.16. The van der Waals surface area contributed by atoms with E-state index in [1.165, 1.54) is 12.5 Å². The van der Waals surface area contributed by atoms with Crippen LogP contribution in [-0.2, 0) is 9.53 Å². The van der Waals surface area contributed by atoms with Gasteiger partial charge in [-0.05, 0) is 43.5 Å². The van der Waals surface area contributed by atoms with Crippen LogP contribution in [0.4, 0.5) is 5.69 Å². The first-order chi connectivity index (χ1) is 13.0. The third-order valence-corrected chi connectivity index (χ3v) is 4.18. The van der Waals surface area contributed by atoms with E-state index in [2.05, 4.69) is 34.2 Å². The molecular formula is C19H23N5O3. The van der Waals surface area contributed by atoms with E-state index >= 15 is 0 Å². The van der Waals surface area contributed by atoms with Gasteiger partial charge in [-0.3, -0.25) is 9.59 Å². The summed E-state index contributed by atoms with van der Waals surface area (Å²) in [4.78, 5) is 30.7. The molecule has 0 aliphatic carbocycles. The van der Waals surface area contributed by atoms with Gasteiger partial charge in [0, 0.05) is 12.3 Å². The molecule has 0 bridgehead atoms. The fraction of sp³-hybridized carbons (Fsp3) is 0.368. The summed E-state index contributed by atoms with van der Waals surface area (Å²) in [7, 11) is 0. The molecule has 142 valence electrons. The summed E-state index contributed by atoms with van der Waals surface area (Å²) in [6.45, 7) is 6.53. The number of anilines is 1. The van der Waals surface area contributed by atoms with Crippen molar-refractivity contribution >= 4 is 22.6 Å². The number of nitrogens with zero attached hydrogens (tertiary/aromatic N) is 3. The van der Waals surface area contributed by atoms with Crippen molar-refractivity contribution in [3.8, 4) is 5.69 Å². The molecule has 0 radical (unpaired) electrons. The number of hydrogen-bond donors (Lipinski definition) is 2. The van der Waals surface area contributed by atoms with Crippen molar-refractivity contribution in [3.05, 3.63) is 47.1 Å². The number of carbonyl (C=O) groups is 1. The summed E-state index contributed by atoms with van der Waals surface area (Å²) in [5, 5.41) is 7.47. The number of hydrogen-bond acceptors (Lipinski definition) is 5. The molecule has 3 aromatic rings. The molecule has 2 N–H and O–H groups in total. The Balaban J connectivity index is 1.67. The van der Waals surface area contributed by atoms with E-state index < -0.39 is 6.10 Å². The maximum Gasteiger partial charge on any atom is 0.261 e. The minimum absolute atomic E-state index is 0.191. The zero-order valence-electron chi connectivity index (χ0n) is 15.6. The van der Waals surface area contributed by atoms with Gasteiger partial charge in [-0.25, -0.2) is 9.67 Å². The van der Waals surface area contributed by atoms with Gasteiger partial charge in [0.15, 0.2) is 5.65 Å². The van der Waals surface area contributed by atoms with E-state index in [4.69, 9.17) is 4.74 Å². The van der Waals surface area contributed by atoms with Gasteiger partial charge in [-0.1, -0.05) is 13.8 Å². The number of amides is 1. The SMILES string of the molecule is CC(C)CCOC(C)C(=O)Nc1ccc(-n2ncc3c(=O)[nH]cnc32)cc1. The molecule has 0 spiro atoms. The fourth-order valence-electron chi connectivity index (χ4n) is 2.53. The molecule has 0 aliphatic rings. The summed E-state index contributed by atoms with van der Waals surface area (Å²) < 4.78 is 7.14. The monoisotopic (exact) mass is 369 g/mol. The number of benzene rings is 1. The zero-order valence-corrected chi connectivity index (χ0v) is 15.6. The van der Waals surface area contributed by atoms with Crippen LogP contribution >= 0.6 is 0 Å². The molecule has 8 nitrogen and oxygen atoms in total. The predicted octanol–water partition coefficient (Wildman–Crippen LogP) is 2.50. The Bertz CT molecular complexity index is 975. The van der Waals surface area contributed by atoms with Crippen LogP contribution in [0.25, 0.3) is 16.7 Å². The molecule has 1 unspecified atom stereocenters. The topological polar surface area (TPSA) is 102 Å². The van der Waals surface area contributed by atoms with E-state index in [9.17, 15) is 9.59 Å². The smallest absolute Gasteiger partial charge is 0.261 e. The first-order valence-corrected chi connectivity index (χ1v) is 8.90. The first-order valence-electron chi connectivity index (χ1n) is 8.90. The van der Waals surface area contributed by atoms with Gasteiger partial charge in [-0.15, -0.1) is 0 Å².